The van der Waals surface area contributed by atoms with Gasteiger partial charge in [-0.15, -0.1) is 13.0 Å². The van der Waals surface area contributed by atoms with Crippen molar-refractivity contribution in [3.8, 4) is 12.3 Å². The summed E-state index contributed by atoms with van der Waals surface area (Å²) in [5, 5.41) is 0. The maximum atomic E-state index is 11.5. The number of amides is 1. The molecule has 1 rings (SSSR count). The Hall–Kier alpha value is -1.23. The summed E-state index contributed by atoms with van der Waals surface area (Å²) >= 11 is 0. The van der Waals surface area contributed by atoms with Crippen molar-refractivity contribution in [1.82, 2.24) is 4.90 Å². The largest absolute Gasteiger partial charge is 0.326 e. The van der Waals surface area contributed by atoms with Crippen molar-refractivity contribution < 1.29 is 4.79 Å². The molecule has 0 aromatic carbocycles. The quantitative estimate of drug-likeness (QED) is 0.461. The first-order chi connectivity index (χ1) is 6.01. The van der Waals surface area contributed by atoms with Crippen LogP contribution >= 0.6 is 0 Å². The molecule has 0 spiro atoms. The smallest absolute Gasteiger partial charge is 0.224 e. The molecule has 0 saturated carbocycles. The van der Waals surface area contributed by atoms with Gasteiger partial charge in [0.1, 0.15) is 0 Å². The zero-order valence-electron chi connectivity index (χ0n) is 8.21. The standard InChI is InChI=1S/C11H15NO/c1-5-9-7-10(13)12(8-9)11(3,4)6-2/h2,5,9H,1,7-8H2,3-4H3. The fraction of sp³-hybridized carbons (Fsp3) is 0.545. The summed E-state index contributed by atoms with van der Waals surface area (Å²) in [6, 6.07) is 0. The first-order valence-electron chi connectivity index (χ1n) is 4.42. The summed E-state index contributed by atoms with van der Waals surface area (Å²) in [6.45, 7) is 8.17. The minimum atomic E-state index is -0.463. The molecular formula is C11H15NO. The molecule has 1 amide bonds. The third-order valence-electron chi connectivity index (χ3n) is 2.52. The van der Waals surface area contributed by atoms with Crippen LogP contribution in [0.1, 0.15) is 20.3 Å². The van der Waals surface area contributed by atoms with Crippen molar-refractivity contribution in [2.24, 2.45) is 5.92 Å². The molecule has 0 bridgehead atoms. The van der Waals surface area contributed by atoms with Crippen LogP contribution in [0, 0.1) is 18.3 Å². The molecule has 0 aromatic heterocycles. The van der Waals surface area contributed by atoms with Gasteiger partial charge in [0.15, 0.2) is 0 Å². The number of nitrogens with zero attached hydrogens (tertiary/aromatic N) is 1. The Morgan fingerprint density at radius 3 is 2.77 bits per heavy atom. The van der Waals surface area contributed by atoms with Gasteiger partial charge in [-0.25, -0.2) is 0 Å². The molecule has 1 unspecified atom stereocenters. The molecule has 2 nitrogen and oxygen atoms in total. The maximum Gasteiger partial charge on any atom is 0.224 e. The summed E-state index contributed by atoms with van der Waals surface area (Å²) in [4.78, 5) is 13.3. The van der Waals surface area contributed by atoms with Crippen molar-refractivity contribution >= 4 is 5.91 Å². The molecule has 0 radical (unpaired) electrons. The van der Waals surface area contributed by atoms with Gasteiger partial charge in [0.05, 0.1) is 5.54 Å². The zero-order valence-corrected chi connectivity index (χ0v) is 8.21. The summed E-state index contributed by atoms with van der Waals surface area (Å²) in [7, 11) is 0. The molecule has 1 atom stereocenters. The molecule has 1 heterocycles. The summed E-state index contributed by atoms with van der Waals surface area (Å²) in [5.74, 6) is 3.03. The van der Waals surface area contributed by atoms with Gasteiger partial charge in [-0.2, -0.15) is 0 Å². The van der Waals surface area contributed by atoms with Crippen LogP contribution in [0.2, 0.25) is 0 Å². The molecule has 13 heavy (non-hydrogen) atoms. The number of carbonyl (C=O) groups is 1. The summed E-state index contributed by atoms with van der Waals surface area (Å²) < 4.78 is 0. The van der Waals surface area contributed by atoms with E-state index in [-0.39, 0.29) is 11.8 Å². The van der Waals surface area contributed by atoms with Gasteiger partial charge >= 0.3 is 0 Å². The summed E-state index contributed by atoms with van der Waals surface area (Å²) in [5.41, 5.74) is -0.463. The molecule has 0 aromatic rings. The van der Waals surface area contributed by atoms with Crippen LogP contribution in [-0.2, 0) is 4.79 Å². The molecule has 0 N–H and O–H groups in total. The normalized spacial score (nSPS) is 23.0. The van der Waals surface area contributed by atoms with E-state index in [1.807, 2.05) is 19.9 Å². The Balaban J connectivity index is 2.80. The number of likely N-dealkylation sites (tertiary alicyclic amines) is 1. The molecular weight excluding hydrogens is 162 g/mol. The van der Waals surface area contributed by atoms with Crippen molar-refractivity contribution in [3.05, 3.63) is 12.7 Å². The van der Waals surface area contributed by atoms with Crippen molar-refractivity contribution in [2.75, 3.05) is 6.54 Å². The van der Waals surface area contributed by atoms with Crippen molar-refractivity contribution in [2.45, 2.75) is 25.8 Å². The molecule has 1 fully saturated rings. The monoisotopic (exact) mass is 177 g/mol. The fourth-order valence-corrected chi connectivity index (χ4v) is 1.51. The Bertz CT molecular complexity index is 272. The van der Waals surface area contributed by atoms with Crippen LogP contribution in [0.25, 0.3) is 0 Å². The highest BCUT2D eigenvalue weighted by Gasteiger charge is 2.36. The van der Waals surface area contributed by atoms with Crippen molar-refractivity contribution in [1.29, 1.82) is 0 Å². The number of terminal acetylenes is 1. The highest BCUT2D eigenvalue weighted by molar-refractivity contribution is 5.80. The Kier molecular flexibility index (Phi) is 2.47. The first kappa shape index (κ1) is 9.85. The molecule has 70 valence electrons. The second-order valence-electron chi connectivity index (χ2n) is 3.91. The third-order valence-corrected chi connectivity index (χ3v) is 2.52. The van der Waals surface area contributed by atoms with Gasteiger partial charge in [-0.05, 0) is 13.8 Å². The van der Waals surface area contributed by atoms with E-state index in [2.05, 4.69) is 12.5 Å². The lowest BCUT2D eigenvalue weighted by atomic mass is 10.1. The lowest BCUT2D eigenvalue weighted by molar-refractivity contribution is -0.130. The number of hydrogen-bond acceptors (Lipinski definition) is 1. The average Bonchev–Trinajstić information content (AvgIpc) is 2.47. The minimum absolute atomic E-state index is 0.132. The van der Waals surface area contributed by atoms with Crippen molar-refractivity contribution in [3.63, 3.8) is 0 Å². The Morgan fingerprint density at radius 1 is 1.77 bits per heavy atom. The molecule has 0 aliphatic carbocycles. The van der Waals surface area contributed by atoms with Gasteiger partial charge in [0, 0.05) is 18.9 Å². The minimum Gasteiger partial charge on any atom is -0.326 e. The van der Waals surface area contributed by atoms with E-state index in [0.717, 1.165) is 0 Å². The van der Waals surface area contributed by atoms with Gasteiger partial charge in [-0.1, -0.05) is 12.0 Å². The maximum absolute atomic E-state index is 11.5. The van der Waals surface area contributed by atoms with E-state index >= 15 is 0 Å². The van der Waals surface area contributed by atoms with E-state index in [4.69, 9.17) is 6.42 Å². The Labute approximate surface area is 79.6 Å². The SMILES string of the molecule is C#CC(C)(C)N1CC(C=C)CC1=O. The molecule has 1 saturated heterocycles. The third kappa shape index (κ3) is 1.75. The second-order valence-corrected chi connectivity index (χ2v) is 3.91. The number of rotatable bonds is 2. The first-order valence-corrected chi connectivity index (χ1v) is 4.42. The van der Waals surface area contributed by atoms with Gasteiger partial charge < -0.3 is 4.90 Å². The Morgan fingerprint density at radius 2 is 2.38 bits per heavy atom. The number of carbonyl (C=O) groups excluding carboxylic acids is 1. The van der Waals surface area contributed by atoms with E-state index < -0.39 is 5.54 Å². The lowest BCUT2D eigenvalue weighted by Crippen LogP contribution is -2.43. The molecule has 1 aliphatic heterocycles. The van der Waals surface area contributed by atoms with Gasteiger partial charge in [0.25, 0.3) is 0 Å². The van der Waals surface area contributed by atoms with Crippen LogP contribution in [-0.4, -0.2) is 22.9 Å². The number of hydrogen-bond donors (Lipinski definition) is 0. The summed E-state index contributed by atoms with van der Waals surface area (Å²) in [6.07, 6.45) is 7.74. The van der Waals surface area contributed by atoms with Gasteiger partial charge in [-0.3, -0.25) is 4.79 Å². The lowest BCUT2D eigenvalue weighted by Gasteiger charge is -2.30. The van der Waals surface area contributed by atoms with Gasteiger partial charge in [0.2, 0.25) is 5.91 Å². The average molecular weight is 177 g/mol. The van der Waals surface area contributed by atoms with Crippen LogP contribution in [0.3, 0.4) is 0 Å². The van der Waals surface area contributed by atoms with E-state index in [9.17, 15) is 4.79 Å². The van der Waals surface area contributed by atoms with Crippen LogP contribution in [0.15, 0.2) is 12.7 Å². The van der Waals surface area contributed by atoms with Crippen LogP contribution < -0.4 is 0 Å². The fourth-order valence-electron chi connectivity index (χ4n) is 1.51. The van der Waals surface area contributed by atoms with E-state index in [0.29, 0.717) is 13.0 Å². The topological polar surface area (TPSA) is 20.3 Å². The predicted octanol–water partition coefficient (Wildman–Crippen LogP) is 1.43. The zero-order chi connectivity index (χ0) is 10.1. The molecule has 1 aliphatic rings. The highest BCUT2D eigenvalue weighted by Crippen LogP contribution is 2.25. The second kappa shape index (κ2) is 3.26. The van der Waals surface area contributed by atoms with E-state index in [1.54, 1.807) is 4.90 Å². The van der Waals surface area contributed by atoms with Crippen LogP contribution in [0.4, 0.5) is 0 Å². The van der Waals surface area contributed by atoms with E-state index in [1.165, 1.54) is 0 Å². The molecule has 2 heteroatoms. The van der Waals surface area contributed by atoms with Crippen LogP contribution in [0.5, 0.6) is 0 Å². The highest BCUT2D eigenvalue weighted by atomic mass is 16.2. The predicted molar refractivity (Wildman–Crippen MR) is 52.9 cm³/mol.